The molecule has 0 atom stereocenters. The fourth-order valence-electron chi connectivity index (χ4n) is 2.08. The summed E-state index contributed by atoms with van der Waals surface area (Å²) in [7, 11) is 3.89. The second kappa shape index (κ2) is 6.86. The maximum atomic E-state index is 13.7. The molecule has 1 N–H and O–H groups in total. The van der Waals surface area contributed by atoms with Gasteiger partial charge in [-0.25, -0.2) is 4.39 Å². The van der Waals surface area contributed by atoms with Crippen LogP contribution < -0.4 is 10.2 Å². The Morgan fingerprint density at radius 1 is 1.15 bits per heavy atom. The average Bonchev–Trinajstić information content (AvgIpc) is 2.43. The molecule has 0 bridgehead atoms. The first kappa shape index (κ1) is 15.0. The standard InChI is InChI=1S/C16H18BrFN2/c1-19-10-12-7-8-14(9-15(12)17)20(2)11-13-5-3-4-6-16(13)18/h3-9,19H,10-11H2,1-2H3. The predicted octanol–water partition coefficient (Wildman–Crippen LogP) is 3.94. The van der Waals surface area contributed by atoms with Crippen LogP contribution in [-0.4, -0.2) is 14.1 Å². The second-order valence-corrected chi connectivity index (χ2v) is 5.61. The molecule has 0 unspecified atom stereocenters. The highest BCUT2D eigenvalue weighted by molar-refractivity contribution is 9.10. The Morgan fingerprint density at radius 3 is 2.55 bits per heavy atom. The van der Waals surface area contributed by atoms with Crippen molar-refractivity contribution < 1.29 is 4.39 Å². The van der Waals surface area contributed by atoms with Crippen LogP contribution in [0.3, 0.4) is 0 Å². The summed E-state index contributed by atoms with van der Waals surface area (Å²) >= 11 is 3.58. The van der Waals surface area contributed by atoms with Crippen LogP contribution in [0.5, 0.6) is 0 Å². The predicted molar refractivity (Wildman–Crippen MR) is 85.4 cm³/mol. The molecule has 0 saturated heterocycles. The minimum Gasteiger partial charge on any atom is -0.370 e. The van der Waals surface area contributed by atoms with Crippen LogP contribution in [0.4, 0.5) is 10.1 Å². The van der Waals surface area contributed by atoms with Crippen molar-refractivity contribution in [1.82, 2.24) is 5.32 Å². The molecule has 0 aromatic heterocycles. The van der Waals surface area contributed by atoms with Crippen LogP contribution in [0, 0.1) is 5.82 Å². The summed E-state index contributed by atoms with van der Waals surface area (Å²) in [6.07, 6.45) is 0. The molecule has 4 heteroatoms. The Bertz CT molecular complexity index is 586. The van der Waals surface area contributed by atoms with Crippen LogP contribution in [0.1, 0.15) is 11.1 Å². The van der Waals surface area contributed by atoms with Crippen molar-refractivity contribution in [2.24, 2.45) is 0 Å². The number of nitrogens with zero attached hydrogens (tertiary/aromatic N) is 1. The van der Waals surface area contributed by atoms with E-state index < -0.39 is 0 Å². The smallest absolute Gasteiger partial charge is 0.128 e. The number of nitrogens with one attached hydrogen (secondary N) is 1. The zero-order valence-electron chi connectivity index (χ0n) is 11.7. The zero-order chi connectivity index (χ0) is 14.5. The molecule has 2 nitrogen and oxygen atoms in total. The van der Waals surface area contributed by atoms with E-state index >= 15 is 0 Å². The van der Waals surface area contributed by atoms with E-state index in [4.69, 9.17) is 0 Å². The van der Waals surface area contributed by atoms with Gasteiger partial charge < -0.3 is 10.2 Å². The molecule has 0 amide bonds. The highest BCUT2D eigenvalue weighted by atomic mass is 79.9. The number of hydrogen-bond acceptors (Lipinski definition) is 2. The van der Waals surface area contributed by atoms with Gasteiger partial charge in [0.05, 0.1) is 0 Å². The molecule has 2 rings (SSSR count). The fourth-order valence-corrected chi connectivity index (χ4v) is 2.59. The average molecular weight is 337 g/mol. The zero-order valence-corrected chi connectivity index (χ0v) is 13.2. The number of rotatable bonds is 5. The quantitative estimate of drug-likeness (QED) is 0.889. The van der Waals surface area contributed by atoms with E-state index in [2.05, 4.69) is 39.4 Å². The number of benzene rings is 2. The summed E-state index contributed by atoms with van der Waals surface area (Å²) in [5, 5.41) is 3.13. The first-order chi connectivity index (χ1) is 9.61. The third-order valence-electron chi connectivity index (χ3n) is 3.21. The largest absolute Gasteiger partial charge is 0.370 e. The van der Waals surface area contributed by atoms with Gasteiger partial charge in [-0.1, -0.05) is 40.2 Å². The van der Waals surface area contributed by atoms with Crippen LogP contribution in [0.2, 0.25) is 0 Å². The van der Waals surface area contributed by atoms with Crippen molar-refractivity contribution in [3.05, 3.63) is 63.9 Å². The van der Waals surface area contributed by atoms with Crippen molar-refractivity contribution in [2.45, 2.75) is 13.1 Å². The molecule has 2 aromatic carbocycles. The number of hydrogen-bond donors (Lipinski definition) is 1. The van der Waals surface area contributed by atoms with Crippen molar-refractivity contribution >= 4 is 21.6 Å². The van der Waals surface area contributed by atoms with Crippen molar-refractivity contribution in [3.8, 4) is 0 Å². The minimum atomic E-state index is -0.162. The lowest BCUT2D eigenvalue weighted by molar-refractivity contribution is 0.608. The minimum absolute atomic E-state index is 0.162. The van der Waals surface area contributed by atoms with Gasteiger partial charge in [0.1, 0.15) is 5.82 Å². The summed E-state index contributed by atoms with van der Waals surface area (Å²) in [5.74, 6) is -0.162. The van der Waals surface area contributed by atoms with Gasteiger partial charge in [0, 0.05) is 35.9 Å². The highest BCUT2D eigenvalue weighted by Crippen LogP contribution is 2.25. The SMILES string of the molecule is CNCc1ccc(N(C)Cc2ccccc2F)cc1Br. The molecular weight excluding hydrogens is 319 g/mol. The molecule has 20 heavy (non-hydrogen) atoms. The Morgan fingerprint density at radius 2 is 1.90 bits per heavy atom. The van der Waals surface area contributed by atoms with Gasteiger partial charge in [0.15, 0.2) is 0 Å². The maximum absolute atomic E-state index is 13.7. The van der Waals surface area contributed by atoms with E-state index in [1.807, 2.05) is 31.1 Å². The van der Waals surface area contributed by atoms with Gasteiger partial charge in [-0.15, -0.1) is 0 Å². The molecule has 0 radical (unpaired) electrons. The van der Waals surface area contributed by atoms with Crippen LogP contribution in [-0.2, 0) is 13.1 Å². The van der Waals surface area contributed by atoms with Crippen LogP contribution in [0.25, 0.3) is 0 Å². The molecule has 0 saturated carbocycles. The van der Waals surface area contributed by atoms with Crippen LogP contribution >= 0.6 is 15.9 Å². The Balaban J connectivity index is 2.15. The van der Waals surface area contributed by atoms with E-state index in [1.54, 1.807) is 6.07 Å². The summed E-state index contributed by atoms with van der Waals surface area (Å²) in [4.78, 5) is 2.03. The summed E-state index contributed by atoms with van der Waals surface area (Å²) in [5.41, 5.74) is 2.96. The van der Waals surface area contributed by atoms with Crippen molar-refractivity contribution in [1.29, 1.82) is 0 Å². The third-order valence-corrected chi connectivity index (χ3v) is 3.95. The number of anilines is 1. The Labute approximate surface area is 127 Å². The lowest BCUT2D eigenvalue weighted by atomic mass is 10.1. The monoisotopic (exact) mass is 336 g/mol. The van der Waals surface area contributed by atoms with Crippen molar-refractivity contribution in [3.63, 3.8) is 0 Å². The molecular formula is C16H18BrFN2. The van der Waals surface area contributed by atoms with Crippen LogP contribution in [0.15, 0.2) is 46.9 Å². The van der Waals surface area contributed by atoms with Crippen molar-refractivity contribution in [2.75, 3.05) is 19.0 Å². The van der Waals surface area contributed by atoms with Gasteiger partial charge in [-0.3, -0.25) is 0 Å². The van der Waals surface area contributed by atoms with Gasteiger partial charge in [-0.2, -0.15) is 0 Å². The molecule has 0 aliphatic carbocycles. The van der Waals surface area contributed by atoms with E-state index in [-0.39, 0.29) is 5.82 Å². The first-order valence-electron chi connectivity index (χ1n) is 6.49. The first-order valence-corrected chi connectivity index (χ1v) is 7.28. The molecule has 0 spiro atoms. The Kier molecular flexibility index (Phi) is 5.15. The van der Waals surface area contributed by atoms with Gasteiger partial charge in [-0.05, 0) is 30.8 Å². The third kappa shape index (κ3) is 3.58. The second-order valence-electron chi connectivity index (χ2n) is 4.75. The summed E-state index contributed by atoms with van der Waals surface area (Å²) < 4.78 is 14.7. The van der Waals surface area contributed by atoms with Gasteiger partial charge in [0.2, 0.25) is 0 Å². The molecule has 0 fully saturated rings. The highest BCUT2D eigenvalue weighted by Gasteiger charge is 2.08. The van der Waals surface area contributed by atoms with E-state index in [1.165, 1.54) is 11.6 Å². The number of halogens is 2. The van der Waals surface area contributed by atoms with Gasteiger partial charge >= 0.3 is 0 Å². The fraction of sp³-hybridized carbons (Fsp3) is 0.250. The van der Waals surface area contributed by atoms with Gasteiger partial charge in [0.25, 0.3) is 0 Å². The van der Waals surface area contributed by atoms with E-state index in [0.29, 0.717) is 12.1 Å². The topological polar surface area (TPSA) is 15.3 Å². The molecule has 2 aromatic rings. The maximum Gasteiger partial charge on any atom is 0.128 e. The van der Waals surface area contributed by atoms with E-state index in [0.717, 1.165) is 16.7 Å². The lowest BCUT2D eigenvalue weighted by Crippen LogP contribution is -2.17. The Hall–Kier alpha value is -1.39. The summed E-state index contributed by atoms with van der Waals surface area (Å²) in [6, 6.07) is 13.1. The summed E-state index contributed by atoms with van der Waals surface area (Å²) in [6.45, 7) is 1.36. The molecule has 0 heterocycles. The lowest BCUT2D eigenvalue weighted by Gasteiger charge is -2.20. The normalized spacial score (nSPS) is 10.6. The molecule has 106 valence electrons. The van der Waals surface area contributed by atoms with E-state index in [9.17, 15) is 4.39 Å². The molecule has 0 aliphatic rings. The molecule has 0 aliphatic heterocycles.